The summed E-state index contributed by atoms with van der Waals surface area (Å²) >= 11 is 2.13. The van der Waals surface area contributed by atoms with E-state index in [-0.39, 0.29) is 11.7 Å². The van der Waals surface area contributed by atoms with Gasteiger partial charge in [-0.2, -0.15) is 0 Å². The number of aryl methyl sites for hydroxylation is 1. The van der Waals surface area contributed by atoms with E-state index in [1.807, 2.05) is 26.0 Å². The Balaban J connectivity index is 2.15. The minimum atomic E-state index is -0.690. The summed E-state index contributed by atoms with van der Waals surface area (Å²) in [6, 6.07) is 12.5. The molecule has 0 aromatic heterocycles. The molecule has 160 valence electrons. The van der Waals surface area contributed by atoms with Crippen LogP contribution in [0.4, 0.5) is 10.5 Å². The largest absolute Gasteiger partial charge is 0.508 e. The fraction of sp³-hybridized carbons (Fsp3) is 0.273. The fourth-order valence-corrected chi connectivity index (χ4v) is 3.39. The minimum Gasteiger partial charge on any atom is -0.508 e. The van der Waals surface area contributed by atoms with Crippen LogP contribution < -0.4 is 10.8 Å². The first-order valence-corrected chi connectivity index (χ1v) is 10.5. The van der Waals surface area contributed by atoms with Crippen LogP contribution in [0.25, 0.3) is 0 Å². The van der Waals surface area contributed by atoms with Crippen LogP contribution in [0, 0.1) is 16.4 Å². The second-order valence-corrected chi connectivity index (χ2v) is 8.20. The van der Waals surface area contributed by atoms with Gasteiger partial charge in [0.2, 0.25) is 0 Å². The molecule has 7 nitrogen and oxygen atoms in total. The number of carbonyl (C=O) groups excluding carboxylic acids is 2. The number of phenolic OH excluding ortho intramolecular Hbond substituents is 1. The zero-order valence-corrected chi connectivity index (χ0v) is 18.9. The molecule has 0 spiro atoms. The van der Waals surface area contributed by atoms with Gasteiger partial charge in [0.25, 0.3) is 5.91 Å². The molecule has 0 aliphatic heterocycles. The van der Waals surface area contributed by atoms with Gasteiger partial charge in [0.05, 0.1) is 0 Å². The Morgan fingerprint density at radius 2 is 1.90 bits per heavy atom. The summed E-state index contributed by atoms with van der Waals surface area (Å²) in [5.41, 5.74) is 3.74. The Kier molecular flexibility index (Phi) is 9.13. The van der Waals surface area contributed by atoms with E-state index in [9.17, 15) is 14.7 Å². The summed E-state index contributed by atoms with van der Waals surface area (Å²) in [6.07, 6.45) is 2.66. The number of hydrogen-bond acceptors (Lipinski definition) is 5. The van der Waals surface area contributed by atoms with E-state index in [0.29, 0.717) is 24.1 Å². The van der Waals surface area contributed by atoms with E-state index < -0.39 is 18.1 Å². The summed E-state index contributed by atoms with van der Waals surface area (Å²) in [5, 5.41) is 21.6. The quantitative estimate of drug-likeness (QED) is 0.167. The maximum Gasteiger partial charge on any atom is 0.412 e. The highest BCUT2D eigenvalue weighted by molar-refractivity contribution is 14.1. The van der Waals surface area contributed by atoms with E-state index in [1.54, 1.807) is 36.4 Å². The first kappa shape index (κ1) is 23.7. The van der Waals surface area contributed by atoms with Crippen LogP contribution in [0.3, 0.4) is 0 Å². The molecule has 2 aromatic rings. The second kappa shape index (κ2) is 11.6. The average molecular weight is 524 g/mol. The SMILES string of the molecule is Cc1ccc(NC(=O)O[C@@H](c2cc(I)ccc2O)[C@@H](C)CC/C=C/C(=O)NO)cc1. The number of hydroxylamine groups is 1. The zero-order valence-electron chi connectivity index (χ0n) is 16.8. The maximum atomic E-state index is 12.5. The molecule has 0 aliphatic carbocycles. The van der Waals surface area contributed by atoms with Gasteiger partial charge in [0, 0.05) is 20.9 Å². The van der Waals surface area contributed by atoms with Gasteiger partial charge >= 0.3 is 6.09 Å². The van der Waals surface area contributed by atoms with Crippen LogP contribution in [-0.4, -0.2) is 22.3 Å². The van der Waals surface area contributed by atoms with Crippen molar-refractivity contribution in [1.29, 1.82) is 0 Å². The number of anilines is 1. The molecule has 0 aliphatic rings. The normalized spacial score (nSPS) is 12.9. The number of hydrogen-bond donors (Lipinski definition) is 4. The molecule has 0 bridgehead atoms. The molecule has 0 heterocycles. The van der Waals surface area contributed by atoms with E-state index >= 15 is 0 Å². The lowest BCUT2D eigenvalue weighted by Gasteiger charge is -2.25. The molecule has 0 unspecified atom stereocenters. The van der Waals surface area contributed by atoms with Crippen molar-refractivity contribution in [3.05, 3.63) is 69.3 Å². The number of phenols is 1. The third kappa shape index (κ3) is 7.34. The molecule has 0 saturated carbocycles. The van der Waals surface area contributed by atoms with Crippen molar-refractivity contribution >= 4 is 40.3 Å². The molecular formula is C22H25IN2O5. The van der Waals surface area contributed by atoms with E-state index in [2.05, 4.69) is 27.9 Å². The van der Waals surface area contributed by atoms with Crippen molar-refractivity contribution in [3.8, 4) is 5.75 Å². The van der Waals surface area contributed by atoms with Crippen LogP contribution in [-0.2, 0) is 9.53 Å². The highest BCUT2D eigenvalue weighted by Crippen LogP contribution is 2.36. The maximum absolute atomic E-state index is 12.5. The Morgan fingerprint density at radius 3 is 2.57 bits per heavy atom. The highest BCUT2D eigenvalue weighted by atomic mass is 127. The number of amides is 2. The standard InChI is InChI=1S/C22H25IN2O5/c1-14-7-10-17(11-8-14)24-22(28)30-21(18-13-16(23)9-12-19(18)26)15(2)5-3-4-6-20(27)25-29/h4,6-13,15,21,26,29H,3,5H2,1-2H3,(H,24,28)(H,25,27)/b6-4+/t15-,21+/m0/s1. The van der Waals surface area contributed by atoms with Gasteiger partial charge in [-0.15, -0.1) is 0 Å². The number of allylic oxidation sites excluding steroid dienone is 1. The van der Waals surface area contributed by atoms with Crippen LogP contribution in [0.5, 0.6) is 5.75 Å². The van der Waals surface area contributed by atoms with Crippen molar-refractivity contribution in [2.24, 2.45) is 5.92 Å². The van der Waals surface area contributed by atoms with Gasteiger partial charge in [-0.1, -0.05) is 30.7 Å². The number of benzene rings is 2. The first-order chi connectivity index (χ1) is 14.3. The van der Waals surface area contributed by atoms with Crippen LogP contribution in [0.2, 0.25) is 0 Å². The smallest absolute Gasteiger partial charge is 0.412 e. The second-order valence-electron chi connectivity index (χ2n) is 6.95. The Morgan fingerprint density at radius 1 is 1.20 bits per heavy atom. The number of halogens is 1. The van der Waals surface area contributed by atoms with Crippen LogP contribution in [0.15, 0.2) is 54.6 Å². The predicted molar refractivity (Wildman–Crippen MR) is 122 cm³/mol. The van der Waals surface area contributed by atoms with Crippen LogP contribution >= 0.6 is 22.6 Å². The topological polar surface area (TPSA) is 108 Å². The summed E-state index contributed by atoms with van der Waals surface area (Å²) in [6.45, 7) is 3.86. The van der Waals surface area contributed by atoms with Crippen LogP contribution in [0.1, 0.15) is 37.0 Å². The molecule has 0 fully saturated rings. The van der Waals surface area contributed by atoms with Gasteiger partial charge in [-0.05, 0) is 78.6 Å². The predicted octanol–water partition coefficient (Wildman–Crippen LogP) is 5.07. The minimum absolute atomic E-state index is 0.0469. The zero-order chi connectivity index (χ0) is 22.1. The van der Waals surface area contributed by atoms with Gasteiger partial charge in [0.15, 0.2) is 0 Å². The lowest BCUT2D eigenvalue weighted by Crippen LogP contribution is -2.22. The van der Waals surface area contributed by atoms with Gasteiger partial charge in [-0.3, -0.25) is 15.3 Å². The number of ether oxygens (including phenoxy) is 1. The molecule has 2 amide bonds. The third-order valence-corrected chi connectivity index (χ3v) is 5.18. The van der Waals surface area contributed by atoms with Crippen molar-refractivity contribution in [2.75, 3.05) is 5.32 Å². The molecule has 8 heteroatoms. The van der Waals surface area contributed by atoms with Crippen molar-refractivity contribution in [1.82, 2.24) is 5.48 Å². The van der Waals surface area contributed by atoms with Gasteiger partial charge in [-0.25, -0.2) is 10.3 Å². The molecular weight excluding hydrogens is 499 g/mol. The lowest BCUT2D eigenvalue weighted by molar-refractivity contribution is -0.124. The highest BCUT2D eigenvalue weighted by Gasteiger charge is 2.26. The van der Waals surface area contributed by atoms with E-state index in [4.69, 9.17) is 9.94 Å². The number of aromatic hydroxyl groups is 1. The molecule has 2 rings (SSSR count). The number of carbonyl (C=O) groups is 2. The van der Waals surface area contributed by atoms with Crippen molar-refractivity contribution < 1.29 is 24.6 Å². The summed E-state index contributed by atoms with van der Waals surface area (Å²) in [4.78, 5) is 23.6. The lowest BCUT2D eigenvalue weighted by atomic mass is 9.92. The average Bonchev–Trinajstić information content (AvgIpc) is 2.72. The molecule has 30 heavy (non-hydrogen) atoms. The number of nitrogens with one attached hydrogen (secondary N) is 2. The Labute approximate surface area is 189 Å². The summed E-state index contributed by atoms with van der Waals surface area (Å²) in [7, 11) is 0. The van der Waals surface area contributed by atoms with E-state index in [0.717, 1.165) is 9.13 Å². The Bertz CT molecular complexity index is 899. The Hall–Kier alpha value is -2.59. The molecule has 0 saturated heterocycles. The monoisotopic (exact) mass is 524 g/mol. The van der Waals surface area contributed by atoms with Crippen molar-refractivity contribution in [3.63, 3.8) is 0 Å². The van der Waals surface area contributed by atoms with Gasteiger partial charge < -0.3 is 9.84 Å². The number of rotatable bonds is 8. The van der Waals surface area contributed by atoms with Gasteiger partial charge in [0.1, 0.15) is 11.9 Å². The molecule has 2 aromatic carbocycles. The summed E-state index contributed by atoms with van der Waals surface area (Å²) in [5.74, 6) is -0.714. The molecule has 2 atom stereocenters. The van der Waals surface area contributed by atoms with E-state index in [1.165, 1.54) is 11.6 Å². The summed E-state index contributed by atoms with van der Waals surface area (Å²) < 4.78 is 6.61. The third-order valence-electron chi connectivity index (χ3n) is 4.51. The fourth-order valence-electron chi connectivity index (χ4n) is 2.88. The molecule has 4 N–H and O–H groups in total. The first-order valence-electron chi connectivity index (χ1n) is 9.43. The van der Waals surface area contributed by atoms with Crippen molar-refractivity contribution in [2.45, 2.75) is 32.8 Å². The molecule has 0 radical (unpaired) electrons.